The highest BCUT2D eigenvalue weighted by Crippen LogP contribution is 2.20. The minimum absolute atomic E-state index is 0.0791. The van der Waals surface area contributed by atoms with Crippen LogP contribution >= 0.6 is 35.0 Å². The molecule has 0 fully saturated rings. The first-order chi connectivity index (χ1) is 10.6. The SMILES string of the molecule is O=C(CCSc1ccc(Cl)cc1)NCCc1ccc(Cl)cc1. The quantitative estimate of drug-likeness (QED) is 0.722. The van der Waals surface area contributed by atoms with E-state index in [-0.39, 0.29) is 5.91 Å². The first-order valence-electron chi connectivity index (χ1n) is 7.03. The third-order valence-corrected chi connectivity index (χ3v) is 4.58. The van der Waals surface area contributed by atoms with Crippen molar-refractivity contribution in [2.24, 2.45) is 0 Å². The second kappa shape index (κ2) is 9.09. The maximum Gasteiger partial charge on any atom is 0.220 e. The highest BCUT2D eigenvalue weighted by atomic mass is 35.5. The number of hydrogen-bond acceptors (Lipinski definition) is 2. The average molecular weight is 354 g/mol. The van der Waals surface area contributed by atoms with Crippen LogP contribution in [0.15, 0.2) is 53.4 Å². The number of rotatable bonds is 7. The molecular formula is C17H17Cl2NOS. The second-order valence-electron chi connectivity index (χ2n) is 4.78. The lowest BCUT2D eigenvalue weighted by Gasteiger charge is -2.06. The zero-order valence-electron chi connectivity index (χ0n) is 12.0. The normalized spacial score (nSPS) is 10.5. The van der Waals surface area contributed by atoms with Gasteiger partial charge in [-0.1, -0.05) is 35.3 Å². The van der Waals surface area contributed by atoms with E-state index >= 15 is 0 Å². The number of thioether (sulfide) groups is 1. The molecule has 22 heavy (non-hydrogen) atoms. The number of nitrogens with one attached hydrogen (secondary N) is 1. The van der Waals surface area contributed by atoms with Gasteiger partial charge in [0, 0.05) is 33.7 Å². The first kappa shape index (κ1) is 17.2. The molecule has 2 rings (SSSR count). The minimum Gasteiger partial charge on any atom is -0.356 e. The standard InChI is InChI=1S/C17H17Cl2NOS/c18-14-3-1-13(2-4-14)9-11-20-17(21)10-12-22-16-7-5-15(19)6-8-16/h1-8H,9-12H2,(H,20,21). The molecule has 0 aliphatic heterocycles. The number of benzene rings is 2. The van der Waals surface area contributed by atoms with Crippen LogP contribution in [0.25, 0.3) is 0 Å². The Kier molecular flexibility index (Phi) is 7.10. The largest absolute Gasteiger partial charge is 0.356 e. The van der Waals surface area contributed by atoms with Gasteiger partial charge in [-0.2, -0.15) is 0 Å². The van der Waals surface area contributed by atoms with E-state index in [0.29, 0.717) is 13.0 Å². The third-order valence-electron chi connectivity index (χ3n) is 3.06. The summed E-state index contributed by atoms with van der Waals surface area (Å²) in [6.45, 7) is 0.645. The van der Waals surface area contributed by atoms with Crippen molar-refractivity contribution >= 4 is 40.9 Å². The van der Waals surface area contributed by atoms with E-state index in [1.807, 2.05) is 48.5 Å². The van der Waals surface area contributed by atoms with Gasteiger partial charge in [0.1, 0.15) is 0 Å². The van der Waals surface area contributed by atoms with Crippen LogP contribution in [0.2, 0.25) is 10.0 Å². The molecule has 0 spiro atoms. The van der Waals surface area contributed by atoms with Crippen molar-refractivity contribution < 1.29 is 4.79 Å². The summed E-state index contributed by atoms with van der Waals surface area (Å²) in [4.78, 5) is 12.9. The Labute approximate surface area is 145 Å². The van der Waals surface area contributed by atoms with Gasteiger partial charge in [-0.05, 0) is 48.4 Å². The predicted molar refractivity (Wildman–Crippen MR) is 95.0 cm³/mol. The van der Waals surface area contributed by atoms with E-state index < -0.39 is 0 Å². The first-order valence-corrected chi connectivity index (χ1v) is 8.77. The van der Waals surface area contributed by atoms with Crippen molar-refractivity contribution in [1.29, 1.82) is 0 Å². The number of amides is 1. The summed E-state index contributed by atoms with van der Waals surface area (Å²) in [5.41, 5.74) is 1.17. The molecule has 116 valence electrons. The summed E-state index contributed by atoms with van der Waals surface area (Å²) in [5, 5.41) is 4.39. The van der Waals surface area contributed by atoms with Crippen molar-refractivity contribution in [3.05, 3.63) is 64.1 Å². The lowest BCUT2D eigenvalue weighted by Crippen LogP contribution is -2.25. The van der Waals surface area contributed by atoms with Gasteiger partial charge in [0.25, 0.3) is 0 Å². The molecule has 0 aliphatic carbocycles. The topological polar surface area (TPSA) is 29.1 Å². The molecule has 2 aromatic rings. The number of carbonyl (C=O) groups excluding carboxylic acids is 1. The van der Waals surface area contributed by atoms with Crippen LogP contribution in [0.3, 0.4) is 0 Å². The molecule has 0 saturated heterocycles. The van der Waals surface area contributed by atoms with Crippen LogP contribution < -0.4 is 5.32 Å². The van der Waals surface area contributed by atoms with E-state index in [2.05, 4.69) is 5.32 Å². The molecule has 0 bridgehead atoms. The second-order valence-corrected chi connectivity index (χ2v) is 6.82. The van der Waals surface area contributed by atoms with Crippen molar-refractivity contribution in [2.75, 3.05) is 12.3 Å². The molecule has 1 amide bonds. The molecule has 0 unspecified atom stereocenters. The van der Waals surface area contributed by atoms with Crippen LogP contribution in [-0.4, -0.2) is 18.2 Å². The fraction of sp³-hybridized carbons (Fsp3) is 0.235. The zero-order chi connectivity index (χ0) is 15.8. The molecule has 0 aliphatic rings. The summed E-state index contributed by atoms with van der Waals surface area (Å²) >= 11 is 13.3. The fourth-order valence-corrected chi connectivity index (χ4v) is 2.98. The molecular weight excluding hydrogens is 337 g/mol. The van der Waals surface area contributed by atoms with Crippen molar-refractivity contribution in [3.8, 4) is 0 Å². The molecule has 2 aromatic carbocycles. The summed E-state index contributed by atoms with van der Waals surface area (Å²) in [6.07, 6.45) is 1.32. The van der Waals surface area contributed by atoms with Gasteiger partial charge in [-0.25, -0.2) is 0 Å². The molecule has 1 N–H and O–H groups in total. The monoisotopic (exact) mass is 353 g/mol. The van der Waals surface area contributed by atoms with Crippen LogP contribution in [0.4, 0.5) is 0 Å². The Morgan fingerprint density at radius 1 is 0.955 bits per heavy atom. The molecule has 0 atom stereocenters. The maximum absolute atomic E-state index is 11.8. The lowest BCUT2D eigenvalue weighted by atomic mass is 10.1. The van der Waals surface area contributed by atoms with Gasteiger partial charge < -0.3 is 5.32 Å². The number of hydrogen-bond donors (Lipinski definition) is 1. The molecule has 0 heterocycles. The van der Waals surface area contributed by atoms with E-state index in [0.717, 1.165) is 27.1 Å². The van der Waals surface area contributed by atoms with Crippen molar-refractivity contribution in [2.45, 2.75) is 17.7 Å². The van der Waals surface area contributed by atoms with Crippen LogP contribution in [-0.2, 0) is 11.2 Å². The summed E-state index contributed by atoms with van der Waals surface area (Å²) in [7, 11) is 0. The van der Waals surface area contributed by atoms with Gasteiger partial charge in [0.15, 0.2) is 0 Å². The summed E-state index contributed by atoms with van der Waals surface area (Å²) in [5.74, 6) is 0.837. The van der Waals surface area contributed by atoms with E-state index in [1.165, 1.54) is 5.56 Å². The van der Waals surface area contributed by atoms with Gasteiger partial charge >= 0.3 is 0 Å². The zero-order valence-corrected chi connectivity index (χ0v) is 14.3. The van der Waals surface area contributed by atoms with Crippen LogP contribution in [0.1, 0.15) is 12.0 Å². The highest BCUT2D eigenvalue weighted by molar-refractivity contribution is 7.99. The van der Waals surface area contributed by atoms with Crippen LogP contribution in [0, 0.1) is 0 Å². The smallest absolute Gasteiger partial charge is 0.220 e. The number of carbonyl (C=O) groups is 1. The minimum atomic E-state index is 0.0791. The predicted octanol–water partition coefficient (Wildman–Crippen LogP) is 4.83. The van der Waals surface area contributed by atoms with Gasteiger partial charge in [0.2, 0.25) is 5.91 Å². The molecule has 0 radical (unpaired) electrons. The van der Waals surface area contributed by atoms with Crippen LogP contribution in [0.5, 0.6) is 0 Å². The van der Waals surface area contributed by atoms with E-state index in [4.69, 9.17) is 23.2 Å². The van der Waals surface area contributed by atoms with Gasteiger partial charge in [0.05, 0.1) is 0 Å². The van der Waals surface area contributed by atoms with Gasteiger partial charge in [-0.3, -0.25) is 4.79 Å². The molecule has 0 saturated carbocycles. The molecule has 0 aromatic heterocycles. The van der Waals surface area contributed by atoms with E-state index in [9.17, 15) is 4.79 Å². The van der Waals surface area contributed by atoms with Gasteiger partial charge in [-0.15, -0.1) is 11.8 Å². The summed E-state index contributed by atoms with van der Waals surface area (Å²) < 4.78 is 0. The number of halogens is 2. The maximum atomic E-state index is 11.8. The Bertz CT molecular complexity index is 546. The Morgan fingerprint density at radius 2 is 1.55 bits per heavy atom. The summed E-state index contributed by atoms with van der Waals surface area (Å²) in [6, 6.07) is 15.3. The fourth-order valence-electron chi connectivity index (χ4n) is 1.88. The third kappa shape index (κ3) is 6.30. The lowest BCUT2D eigenvalue weighted by molar-refractivity contribution is -0.120. The van der Waals surface area contributed by atoms with Crippen molar-refractivity contribution in [3.63, 3.8) is 0 Å². The highest BCUT2D eigenvalue weighted by Gasteiger charge is 2.02. The van der Waals surface area contributed by atoms with Crippen molar-refractivity contribution in [1.82, 2.24) is 5.32 Å². The average Bonchev–Trinajstić information content (AvgIpc) is 2.51. The van der Waals surface area contributed by atoms with E-state index in [1.54, 1.807) is 11.8 Å². The Hall–Kier alpha value is -1.16. The molecule has 2 nitrogen and oxygen atoms in total. The Morgan fingerprint density at radius 3 is 2.18 bits per heavy atom. The Balaban J connectivity index is 1.61. The molecule has 5 heteroatoms.